The van der Waals surface area contributed by atoms with E-state index in [1.807, 2.05) is 6.07 Å². The van der Waals surface area contributed by atoms with Crippen molar-refractivity contribution >= 4 is 22.8 Å². The van der Waals surface area contributed by atoms with Gasteiger partial charge in [0, 0.05) is 6.20 Å². The van der Waals surface area contributed by atoms with E-state index in [1.54, 1.807) is 18.5 Å². The number of anilines is 1. The number of carboxylic acid groups (broad SMARTS) is 1. The van der Waals surface area contributed by atoms with Crippen molar-refractivity contribution in [3.63, 3.8) is 0 Å². The van der Waals surface area contributed by atoms with Crippen LogP contribution in [0.1, 0.15) is 39.0 Å². The van der Waals surface area contributed by atoms with Crippen molar-refractivity contribution in [1.29, 1.82) is 0 Å². The predicted octanol–water partition coefficient (Wildman–Crippen LogP) is 3.66. The Labute approximate surface area is 123 Å². The van der Waals surface area contributed by atoms with Gasteiger partial charge in [-0.25, -0.2) is 9.78 Å². The number of hydrogen-bond donors (Lipinski definition) is 2. The maximum absolute atomic E-state index is 11.8. The van der Waals surface area contributed by atoms with Crippen LogP contribution in [0.2, 0.25) is 0 Å². The second kappa shape index (κ2) is 5.39. The number of carbonyl (C=O) groups is 1. The normalized spacial score (nSPS) is 25.9. The number of fused-ring (bicyclic) bond motifs is 1. The van der Waals surface area contributed by atoms with E-state index in [4.69, 9.17) is 4.42 Å². The van der Waals surface area contributed by atoms with Gasteiger partial charge in [0.15, 0.2) is 0 Å². The van der Waals surface area contributed by atoms with Crippen LogP contribution in [0, 0.1) is 5.92 Å². The van der Waals surface area contributed by atoms with E-state index in [0.29, 0.717) is 24.6 Å². The molecular formula is C16H20N2O3. The van der Waals surface area contributed by atoms with Crippen molar-refractivity contribution in [2.24, 2.45) is 5.92 Å². The molecule has 0 aliphatic heterocycles. The zero-order valence-electron chi connectivity index (χ0n) is 12.1. The van der Waals surface area contributed by atoms with Gasteiger partial charge in [-0.3, -0.25) is 0 Å². The maximum Gasteiger partial charge on any atom is 0.329 e. The third kappa shape index (κ3) is 2.48. The number of furan rings is 1. The highest BCUT2D eigenvalue weighted by atomic mass is 16.4. The Hall–Kier alpha value is -2.04. The van der Waals surface area contributed by atoms with Crippen LogP contribution in [0.5, 0.6) is 0 Å². The summed E-state index contributed by atoms with van der Waals surface area (Å²) in [6.07, 6.45) is 7.51. The van der Waals surface area contributed by atoms with Crippen molar-refractivity contribution in [3.05, 3.63) is 24.6 Å². The number of pyridine rings is 1. The number of rotatable bonds is 4. The molecule has 3 rings (SSSR count). The molecule has 0 unspecified atom stereocenters. The molecule has 1 saturated carbocycles. The Bertz CT molecular complexity index is 642. The first-order chi connectivity index (χ1) is 10.1. The summed E-state index contributed by atoms with van der Waals surface area (Å²) in [5.74, 6) is 0.440. The van der Waals surface area contributed by atoms with Crippen LogP contribution in [0.4, 0.5) is 5.82 Å². The van der Waals surface area contributed by atoms with Crippen LogP contribution in [-0.2, 0) is 4.79 Å². The average molecular weight is 288 g/mol. The van der Waals surface area contributed by atoms with Crippen LogP contribution in [0.15, 0.2) is 29.0 Å². The topological polar surface area (TPSA) is 75.4 Å². The SMILES string of the molecule is CCC1CCC(Nc2nccc3occc23)(C(=O)O)CC1. The number of nitrogens with one attached hydrogen (secondary N) is 1. The zero-order valence-corrected chi connectivity index (χ0v) is 12.1. The van der Waals surface area contributed by atoms with Gasteiger partial charge in [0.1, 0.15) is 16.9 Å². The Morgan fingerprint density at radius 1 is 1.48 bits per heavy atom. The van der Waals surface area contributed by atoms with E-state index in [2.05, 4.69) is 17.2 Å². The molecule has 1 fully saturated rings. The molecule has 5 heteroatoms. The first kappa shape index (κ1) is 13.9. The van der Waals surface area contributed by atoms with Crippen molar-refractivity contribution in [2.75, 3.05) is 5.32 Å². The number of hydrogen-bond acceptors (Lipinski definition) is 4. The van der Waals surface area contributed by atoms with Gasteiger partial charge in [-0.15, -0.1) is 0 Å². The highest BCUT2D eigenvalue weighted by Crippen LogP contribution is 2.37. The molecule has 1 aliphatic carbocycles. The fourth-order valence-corrected chi connectivity index (χ4v) is 3.19. The van der Waals surface area contributed by atoms with E-state index < -0.39 is 11.5 Å². The van der Waals surface area contributed by atoms with Crippen molar-refractivity contribution in [1.82, 2.24) is 4.98 Å². The Kier molecular flexibility index (Phi) is 3.57. The van der Waals surface area contributed by atoms with Crippen LogP contribution in [0.25, 0.3) is 11.0 Å². The van der Waals surface area contributed by atoms with E-state index >= 15 is 0 Å². The fourth-order valence-electron chi connectivity index (χ4n) is 3.19. The summed E-state index contributed by atoms with van der Waals surface area (Å²) in [4.78, 5) is 16.1. The molecule has 5 nitrogen and oxygen atoms in total. The number of carboxylic acids is 1. The second-order valence-corrected chi connectivity index (χ2v) is 5.86. The van der Waals surface area contributed by atoms with Crippen LogP contribution in [-0.4, -0.2) is 21.6 Å². The molecule has 0 amide bonds. The van der Waals surface area contributed by atoms with Crippen molar-refractivity contribution in [2.45, 2.75) is 44.6 Å². The lowest BCUT2D eigenvalue weighted by Gasteiger charge is -2.37. The largest absolute Gasteiger partial charge is 0.480 e. The third-order valence-corrected chi connectivity index (χ3v) is 4.68. The molecule has 112 valence electrons. The quantitative estimate of drug-likeness (QED) is 0.898. The van der Waals surface area contributed by atoms with Gasteiger partial charge in [-0.1, -0.05) is 13.3 Å². The monoisotopic (exact) mass is 288 g/mol. The molecule has 2 heterocycles. The van der Waals surface area contributed by atoms with Gasteiger partial charge in [-0.2, -0.15) is 0 Å². The Morgan fingerprint density at radius 3 is 2.90 bits per heavy atom. The molecule has 2 aromatic heterocycles. The standard InChI is InChI=1S/C16H20N2O3/c1-2-11-3-7-16(8-4-11,15(19)20)18-14-12-6-10-21-13(12)5-9-17-14/h5-6,9-11H,2-4,7-8H2,1H3,(H,17,18)(H,19,20). The summed E-state index contributed by atoms with van der Waals surface area (Å²) in [5, 5.41) is 13.7. The molecular weight excluding hydrogens is 268 g/mol. The van der Waals surface area contributed by atoms with Gasteiger partial charge < -0.3 is 14.8 Å². The van der Waals surface area contributed by atoms with Gasteiger partial charge in [0.2, 0.25) is 0 Å². The van der Waals surface area contributed by atoms with E-state index in [1.165, 1.54) is 0 Å². The minimum absolute atomic E-state index is 0.596. The Balaban J connectivity index is 1.89. The van der Waals surface area contributed by atoms with E-state index in [-0.39, 0.29) is 0 Å². The number of aromatic nitrogens is 1. The summed E-state index contributed by atoms with van der Waals surface area (Å²) in [5.41, 5.74) is -0.195. The molecule has 0 bridgehead atoms. The van der Waals surface area contributed by atoms with E-state index in [0.717, 1.165) is 30.2 Å². The second-order valence-electron chi connectivity index (χ2n) is 5.86. The lowest BCUT2D eigenvalue weighted by molar-refractivity contribution is -0.143. The van der Waals surface area contributed by atoms with Crippen LogP contribution in [0.3, 0.4) is 0 Å². The molecule has 1 aliphatic rings. The van der Waals surface area contributed by atoms with E-state index in [9.17, 15) is 9.90 Å². The number of aliphatic carboxylic acids is 1. The lowest BCUT2D eigenvalue weighted by atomic mass is 9.75. The van der Waals surface area contributed by atoms with Gasteiger partial charge in [-0.05, 0) is 43.7 Å². The smallest absolute Gasteiger partial charge is 0.329 e. The highest BCUT2D eigenvalue weighted by Gasteiger charge is 2.42. The molecule has 0 radical (unpaired) electrons. The average Bonchev–Trinajstić information content (AvgIpc) is 2.97. The molecule has 0 atom stereocenters. The first-order valence-electron chi connectivity index (χ1n) is 7.48. The third-order valence-electron chi connectivity index (χ3n) is 4.68. The lowest BCUT2D eigenvalue weighted by Crippen LogP contribution is -2.49. The molecule has 21 heavy (non-hydrogen) atoms. The van der Waals surface area contributed by atoms with Crippen LogP contribution >= 0.6 is 0 Å². The predicted molar refractivity (Wildman–Crippen MR) is 80.2 cm³/mol. The molecule has 0 spiro atoms. The summed E-state index contributed by atoms with van der Waals surface area (Å²) in [6.45, 7) is 2.17. The Morgan fingerprint density at radius 2 is 2.24 bits per heavy atom. The minimum Gasteiger partial charge on any atom is -0.480 e. The van der Waals surface area contributed by atoms with Crippen molar-refractivity contribution in [3.8, 4) is 0 Å². The van der Waals surface area contributed by atoms with Crippen LogP contribution < -0.4 is 5.32 Å². The summed E-state index contributed by atoms with van der Waals surface area (Å²) in [6, 6.07) is 3.60. The number of nitrogens with zero attached hydrogens (tertiary/aromatic N) is 1. The van der Waals surface area contributed by atoms with Gasteiger partial charge >= 0.3 is 5.97 Å². The highest BCUT2D eigenvalue weighted by molar-refractivity contribution is 5.91. The zero-order chi connectivity index (χ0) is 14.9. The minimum atomic E-state index is -0.912. The molecule has 2 N–H and O–H groups in total. The van der Waals surface area contributed by atoms with Gasteiger partial charge in [0.05, 0.1) is 11.6 Å². The summed E-state index contributed by atoms with van der Waals surface area (Å²) in [7, 11) is 0. The summed E-state index contributed by atoms with van der Waals surface area (Å²) >= 11 is 0. The first-order valence-corrected chi connectivity index (χ1v) is 7.48. The maximum atomic E-state index is 11.8. The molecule has 2 aromatic rings. The molecule has 0 saturated heterocycles. The summed E-state index contributed by atoms with van der Waals surface area (Å²) < 4.78 is 5.35. The van der Waals surface area contributed by atoms with Gasteiger partial charge in [0.25, 0.3) is 0 Å². The van der Waals surface area contributed by atoms with Crippen molar-refractivity contribution < 1.29 is 14.3 Å². The fraction of sp³-hybridized carbons (Fsp3) is 0.500. The molecule has 0 aromatic carbocycles.